The van der Waals surface area contributed by atoms with Crippen molar-refractivity contribution in [3.05, 3.63) is 35.9 Å². The number of amides is 2. The predicted octanol–water partition coefficient (Wildman–Crippen LogP) is 3.28. The highest BCUT2D eigenvalue weighted by atomic mass is 19.4. The largest absolute Gasteiger partial charge is 0.490 e. The monoisotopic (exact) mass is 435 g/mol. The van der Waals surface area contributed by atoms with Gasteiger partial charge in [-0.15, -0.1) is 0 Å². The molecule has 1 atom stereocenters. The topological polar surface area (TPSA) is 133 Å². The van der Waals surface area contributed by atoms with Gasteiger partial charge in [-0.1, -0.05) is 18.2 Å². The number of rotatable bonds is 7. The Kier molecular flexibility index (Phi) is 10.9. The van der Waals surface area contributed by atoms with Crippen LogP contribution in [0.3, 0.4) is 0 Å². The third-order valence-electron chi connectivity index (χ3n) is 3.78. The molecule has 30 heavy (non-hydrogen) atoms. The first-order valence-electron chi connectivity index (χ1n) is 9.08. The summed E-state index contributed by atoms with van der Waals surface area (Å²) in [6.45, 7) is 6.06. The summed E-state index contributed by atoms with van der Waals surface area (Å²) < 4.78 is 31.7. The summed E-state index contributed by atoms with van der Waals surface area (Å²) in [5.74, 6) is -2.95. The molecule has 8 nitrogen and oxygen atoms in total. The lowest BCUT2D eigenvalue weighted by atomic mass is 10.1. The summed E-state index contributed by atoms with van der Waals surface area (Å²) >= 11 is 0. The number of alkyl halides is 3. The maximum absolute atomic E-state index is 11.9. The number of nitrogens with two attached hydrogens (primary N) is 1. The van der Waals surface area contributed by atoms with Crippen molar-refractivity contribution in [2.45, 2.75) is 57.9 Å². The number of nitrogens with one attached hydrogen (secondary N) is 1. The number of nitrogens with zero attached hydrogens (tertiary/aromatic N) is 1. The molecule has 11 heteroatoms. The molecule has 0 fully saturated rings. The number of unbranched alkanes of at least 4 members (excludes halogenated alkanes) is 1. The lowest BCUT2D eigenvalue weighted by Crippen LogP contribution is -2.45. The second-order valence-corrected chi connectivity index (χ2v) is 7.35. The van der Waals surface area contributed by atoms with Crippen molar-refractivity contribution in [2.75, 3.05) is 6.54 Å². The Morgan fingerprint density at radius 2 is 1.57 bits per heavy atom. The van der Waals surface area contributed by atoms with Crippen LogP contribution >= 0.6 is 0 Å². The van der Waals surface area contributed by atoms with Gasteiger partial charge in [0.05, 0.1) is 6.17 Å². The van der Waals surface area contributed by atoms with Crippen LogP contribution in [0.5, 0.6) is 0 Å². The standard InChI is InChI=1S/C17H27N3O3.C2HF3O2/c1-17(2,3)20(16(22)23)12-8-7-11-14(18)19-15(21)13-9-5-4-6-10-13;3-2(4,5)1(6)7/h4-6,9-10,14H,7-8,11-12,18H2,1-3H3,(H,19,21)(H,22,23);(H,6,7). The summed E-state index contributed by atoms with van der Waals surface area (Å²) in [5, 5.41) is 19.1. The van der Waals surface area contributed by atoms with Crippen molar-refractivity contribution >= 4 is 18.0 Å². The van der Waals surface area contributed by atoms with Gasteiger partial charge in [0.1, 0.15) is 0 Å². The van der Waals surface area contributed by atoms with Crippen molar-refractivity contribution in [1.29, 1.82) is 0 Å². The SMILES string of the molecule is CC(C)(C)N(CCCCC(N)NC(=O)c1ccccc1)C(=O)O.O=C(O)C(F)(F)F. The Balaban J connectivity index is 0.00000103. The average Bonchev–Trinajstić information content (AvgIpc) is 2.60. The van der Waals surface area contributed by atoms with Crippen LogP contribution in [-0.4, -0.2) is 57.5 Å². The summed E-state index contributed by atoms with van der Waals surface area (Å²) in [7, 11) is 0. The molecule has 1 unspecified atom stereocenters. The summed E-state index contributed by atoms with van der Waals surface area (Å²) in [6, 6.07) is 8.91. The van der Waals surface area contributed by atoms with E-state index in [1.807, 2.05) is 26.8 Å². The maximum Gasteiger partial charge on any atom is 0.490 e. The van der Waals surface area contributed by atoms with Gasteiger partial charge in [0.25, 0.3) is 5.91 Å². The highest BCUT2D eigenvalue weighted by Gasteiger charge is 2.38. The van der Waals surface area contributed by atoms with Crippen molar-refractivity contribution < 1.29 is 37.8 Å². The fourth-order valence-electron chi connectivity index (χ4n) is 2.27. The second-order valence-electron chi connectivity index (χ2n) is 7.35. The highest BCUT2D eigenvalue weighted by molar-refractivity contribution is 5.94. The minimum Gasteiger partial charge on any atom is -0.475 e. The number of benzene rings is 1. The van der Waals surface area contributed by atoms with E-state index in [9.17, 15) is 27.9 Å². The smallest absolute Gasteiger partial charge is 0.475 e. The van der Waals surface area contributed by atoms with E-state index in [-0.39, 0.29) is 5.91 Å². The van der Waals surface area contributed by atoms with Gasteiger partial charge in [-0.05, 0) is 52.2 Å². The third kappa shape index (κ3) is 11.2. The van der Waals surface area contributed by atoms with Gasteiger partial charge in [-0.25, -0.2) is 9.59 Å². The molecule has 0 radical (unpaired) electrons. The minimum absolute atomic E-state index is 0.194. The molecule has 170 valence electrons. The Labute approximate surface area is 172 Å². The van der Waals surface area contributed by atoms with Crippen LogP contribution in [-0.2, 0) is 4.79 Å². The number of hydrogen-bond donors (Lipinski definition) is 4. The molecule has 1 rings (SSSR count). The molecule has 0 saturated heterocycles. The molecular formula is C19H28F3N3O5. The van der Waals surface area contributed by atoms with Gasteiger partial charge < -0.3 is 26.2 Å². The van der Waals surface area contributed by atoms with E-state index in [1.54, 1.807) is 24.3 Å². The zero-order chi connectivity index (χ0) is 23.5. The molecule has 2 amide bonds. The minimum atomic E-state index is -5.08. The van der Waals surface area contributed by atoms with E-state index in [2.05, 4.69) is 5.32 Å². The molecule has 1 aromatic rings. The number of aliphatic carboxylic acids is 1. The molecule has 0 bridgehead atoms. The van der Waals surface area contributed by atoms with Crippen LogP contribution < -0.4 is 11.1 Å². The zero-order valence-electron chi connectivity index (χ0n) is 17.1. The molecule has 0 aliphatic carbocycles. The molecule has 0 aliphatic heterocycles. The van der Waals surface area contributed by atoms with Crippen molar-refractivity contribution in [1.82, 2.24) is 10.2 Å². The van der Waals surface area contributed by atoms with Gasteiger partial charge in [-0.2, -0.15) is 13.2 Å². The Bertz CT molecular complexity index is 691. The van der Waals surface area contributed by atoms with Crippen LogP contribution in [0.4, 0.5) is 18.0 Å². The number of carboxylic acid groups (broad SMARTS) is 2. The fraction of sp³-hybridized carbons (Fsp3) is 0.526. The molecule has 0 spiro atoms. The zero-order valence-corrected chi connectivity index (χ0v) is 17.1. The van der Waals surface area contributed by atoms with Crippen LogP contribution in [0.25, 0.3) is 0 Å². The second kappa shape index (κ2) is 12.0. The normalized spacial score (nSPS) is 12.2. The Morgan fingerprint density at radius 3 is 1.97 bits per heavy atom. The lowest BCUT2D eigenvalue weighted by Gasteiger charge is -2.33. The first-order chi connectivity index (χ1) is 13.7. The van der Waals surface area contributed by atoms with Gasteiger partial charge in [0.15, 0.2) is 0 Å². The molecule has 0 aromatic heterocycles. The predicted molar refractivity (Wildman–Crippen MR) is 104 cm³/mol. The summed E-state index contributed by atoms with van der Waals surface area (Å²) in [6.07, 6.45) is -4.38. The van der Waals surface area contributed by atoms with Crippen molar-refractivity contribution in [2.24, 2.45) is 5.73 Å². The molecule has 0 heterocycles. The van der Waals surface area contributed by atoms with Gasteiger partial charge >= 0.3 is 18.2 Å². The van der Waals surface area contributed by atoms with Crippen molar-refractivity contribution in [3.63, 3.8) is 0 Å². The van der Waals surface area contributed by atoms with Gasteiger partial charge in [-0.3, -0.25) is 4.79 Å². The maximum atomic E-state index is 11.9. The van der Waals surface area contributed by atoms with Crippen molar-refractivity contribution in [3.8, 4) is 0 Å². The third-order valence-corrected chi connectivity index (χ3v) is 3.78. The van der Waals surface area contributed by atoms with Crippen LogP contribution in [0.2, 0.25) is 0 Å². The van der Waals surface area contributed by atoms with E-state index in [1.165, 1.54) is 4.90 Å². The van der Waals surface area contributed by atoms with E-state index in [0.29, 0.717) is 24.9 Å². The van der Waals surface area contributed by atoms with Crippen LogP contribution in [0, 0.1) is 0 Å². The summed E-state index contributed by atoms with van der Waals surface area (Å²) in [4.78, 5) is 33.5. The number of hydrogen-bond acceptors (Lipinski definition) is 4. The van der Waals surface area contributed by atoms with E-state index < -0.39 is 29.9 Å². The van der Waals surface area contributed by atoms with Crippen LogP contribution in [0.15, 0.2) is 30.3 Å². The number of carboxylic acids is 1. The first-order valence-corrected chi connectivity index (χ1v) is 9.08. The molecule has 0 saturated carbocycles. The molecule has 5 N–H and O–H groups in total. The molecular weight excluding hydrogens is 407 g/mol. The average molecular weight is 435 g/mol. The summed E-state index contributed by atoms with van der Waals surface area (Å²) in [5.41, 5.74) is 6.07. The molecule has 0 aliphatic rings. The number of carbonyl (C=O) groups is 3. The van der Waals surface area contributed by atoms with Gasteiger partial charge in [0, 0.05) is 17.6 Å². The Hall–Kier alpha value is -2.82. The van der Waals surface area contributed by atoms with Gasteiger partial charge in [0.2, 0.25) is 0 Å². The highest BCUT2D eigenvalue weighted by Crippen LogP contribution is 2.15. The van der Waals surface area contributed by atoms with E-state index >= 15 is 0 Å². The van der Waals surface area contributed by atoms with Crippen LogP contribution in [0.1, 0.15) is 50.4 Å². The van der Waals surface area contributed by atoms with E-state index in [0.717, 1.165) is 6.42 Å². The number of halogens is 3. The number of carbonyl (C=O) groups excluding carboxylic acids is 1. The lowest BCUT2D eigenvalue weighted by molar-refractivity contribution is -0.192. The molecule has 1 aromatic carbocycles. The Morgan fingerprint density at radius 1 is 1.07 bits per heavy atom. The first kappa shape index (κ1) is 27.2. The quantitative estimate of drug-likeness (QED) is 0.384. The van der Waals surface area contributed by atoms with E-state index in [4.69, 9.17) is 15.6 Å². The fourth-order valence-corrected chi connectivity index (χ4v) is 2.27.